The Kier molecular flexibility index (Phi) is 3.52. The average molecular weight is 175 g/mol. The summed E-state index contributed by atoms with van der Waals surface area (Å²) in [6.07, 6.45) is 0. The van der Waals surface area contributed by atoms with Crippen LogP contribution < -0.4 is 0 Å². The second-order valence-electron chi connectivity index (χ2n) is 2.52. The van der Waals surface area contributed by atoms with Crippen molar-refractivity contribution in [3.05, 3.63) is 35.9 Å². The van der Waals surface area contributed by atoms with Gasteiger partial charge >= 0.3 is 0 Å². The van der Waals surface area contributed by atoms with Crippen molar-refractivity contribution < 1.29 is 9.53 Å². The van der Waals surface area contributed by atoms with E-state index in [0.29, 0.717) is 6.47 Å². The summed E-state index contributed by atoms with van der Waals surface area (Å²) in [4.78, 5) is 9.92. The normalized spacial score (nSPS) is 11.3. The van der Waals surface area contributed by atoms with Gasteiger partial charge in [0.15, 0.2) is 0 Å². The van der Waals surface area contributed by atoms with E-state index in [1.165, 1.54) is 0 Å². The number of nitriles is 1. The lowest BCUT2D eigenvalue weighted by atomic mass is 10.0. The van der Waals surface area contributed by atoms with Crippen LogP contribution in [0.3, 0.4) is 0 Å². The van der Waals surface area contributed by atoms with Crippen molar-refractivity contribution in [3.63, 3.8) is 0 Å². The van der Waals surface area contributed by atoms with E-state index in [-0.39, 0.29) is 12.5 Å². The average Bonchev–Trinajstić information content (AvgIpc) is 2.21. The standard InChI is InChI=1S/C10H9NO2/c11-6-10(7-13-8-12)9-4-2-1-3-5-9/h1-5,8,10H,7H2. The molecule has 0 aliphatic heterocycles. The fraction of sp³-hybridized carbons (Fsp3) is 0.200. The largest absolute Gasteiger partial charge is 0.466 e. The first-order valence-corrected chi connectivity index (χ1v) is 3.88. The van der Waals surface area contributed by atoms with E-state index < -0.39 is 0 Å². The Labute approximate surface area is 76.6 Å². The van der Waals surface area contributed by atoms with Crippen LogP contribution in [0.5, 0.6) is 0 Å². The summed E-state index contributed by atoms with van der Waals surface area (Å²) in [5.41, 5.74) is 0.867. The minimum atomic E-state index is -0.369. The van der Waals surface area contributed by atoms with Gasteiger partial charge in [-0.05, 0) is 5.56 Å². The van der Waals surface area contributed by atoms with Crippen molar-refractivity contribution in [3.8, 4) is 6.07 Å². The van der Waals surface area contributed by atoms with Gasteiger partial charge in [0.05, 0.1) is 6.07 Å². The van der Waals surface area contributed by atoms with Crippen LogP contribution in [-0.2, 0) is 9.53 Å². The fourth-order valence-corrected chi connectivity index (χ4v) is 1.03. The number of hydrogen-bond acceptors (Lipinski definition) is 3. The van der Waals surface area contributed by atoms with Crippen molar-refractivity contribution in [1.82, 2.24) is 0 Å². The molecule has 3 nitrogen and oxygen atoms in total. The van der Waals surface area contributed by atoms with Crippen molar-refractivity contribution in [1.29, 1.82) is 5.26 Å². The zero-order chi connectivity index (χ0) is 9.52. The molecule has 0 amide bonds. The van der Waals surface area contributed by atoms with Gasteiger partial charge in [0, 0.05) is 0 Å². The summed E-state index contributed by atoms with van der Waals surface area (Å²) in [6, 6.07) is 11.3. The van der Waals surface area contributed by atoms with E-state index in [0.717, 1.165) is 5.56 Å². The second-order valence-corrected chi connectivity index (χ2v) is 2.52. The first-order chi connectivity index (χ1) is 6.38. The predicted molar refractivity (Wildman–Crippen MR) is 46.8 cm³/mol. The molecule has 0 heterocycles. The topological polar surface area (TPSA) is 50.1 Å². The van der Waals surface area contributed by atoms with Gasteiger partial charge < -0.3 is 4.74 Å². The molecule has 1 unspecified atom stereocenters. The SMILES string of the molecule is N#CC(COC=O)c1ccccc1. The Hall–Kier alpha value is -1.82. The number of ether oxygens (including phenoxy) is 1. The summed E-state index contributed by atoms with van der Waals surface area (Å²) < 4.78 is 4.54. The second kappa shape index (κ2) is 4.94. The molecule has 1 aromatic rings. The molecular formula is C10H9NO2. The van der Waals surface area contributed by atoms with Gasteiger partial charge in [-0.1, -0.05) is 30.3 Å². The third-order valence-electron chi connectivity index (χ3n) is 1.69. The van der Waals surface area contributed by atoms with Crippen molar-refractivity contribution in [2.75, 3.05) is 6.61 Å². The minimum Gasteiger partial charge on any atom is -0.466 e. The molecule has 0 aromatic heterocycles. The summed E-state index contributed by atoms with van der Waals surface area (Å²) in [6.45, 7) is 0.470. The Morgan fingerprint density at radius 1 is 1.46 bits per heavy atom. The summed E-state index contributed by atoms with van der Waals surface area (Å²) >= 11 is 0. The quantitative estimate of drug-likeness (QED) is 0.651. The molecular weight excluding hydrogens is 166 g/mol. The number of hydrogen-bond donors (Lipinski definition) is 0. The number of carbonyl (C=O) groups excluding carboxylic acids is 1. The summed E-state index contributed by atoms with van der Waals surface area (Å²) in [7, 11) is 0. The van der Waals surface area contributed by atoms with Crippen LogP contribution in [0.1, 0.15) is 11.5 Å². The number of carbonyl (C=O) groups is 1. The van der Waals surface area contributed by atoms with E-state index in [1.54, 1.807) is 0 Å². The monoisotopic (exact) mass is 175 g/mol. The zero-order valence-corrected chi connectivity index (χ0v) is 7.01. The number of nitrogens with zero attached hydrogens (tertiary/aromatic N) is 1. The predicted octanol–water partition coefficient (Wildman–Crippen LogP) is 1.47. The lowest BCUT2D eigenvalue weighted by molar-refractivity contribution is -0.128. The molecule has 1 atom stereocenters. The molecule has 0 radical (unpaired) electrons. The molecule has 0 bridgehead atoms. The smallest absolute Gasteiger partial charge is 0.293 e. The van der Waals surface area contributed by atoms with Crippen LogP contribution >= 0.6 is 0 Å². The summed E-state index contributed by atoms with van der Waals surface area (Å²) in [5.74, 6) is -0.369. The third-order valence-corrected chi connectivity index (χ3v) is 1.69. The Morgan fingerprint density at radius 2 is 2.15 bits per heavy atom. The van der Waals surface area contributed by atoms with Gasteiger partial charge in [-0.25, -0.2) is 0 Å². The van der Waals surface area contributed by atoms with E-state index in [9.17, 15) is 4.79 Å². The summed E-state index contributed by atoms with van der Waals surface area (Å²) in [5, 5.41) is 8.76. The van der Waals surface area contributed by atoms with Gasteiger partial charge in [0.1, 0.15) is 12.5 Å². The molecule has 0 saturated carbocycles. The van der Waals surface area contributed by atoms with Gasteiger partial charge in [0.2, 0.25) is 0 Å². The lowest BCUT2D eigenvalue weighted by Gasteiger charge is -2.06. The van der Waals surface area contributed by atoms with Gasteiger partial charge in [-0.3, -0.25) is 4.79 Å². The Balaban J connectivity index is 2.68. The first-order valence-electron chi connectivity index (χ1n) is 3.88. The number of benzene rings is 1. The highest BCUT2D eigenvalue weighted by atomic mass is 16.5. The van der Waals surface area contributed by atoms with Gasteiger partial charge in [-0.2, -0.15) is 5.26 Å². The van der Waals surface area contributed by atoms with Crippen molar-refractivity contribution in [2.24, 2.45) is 0 Å². The first kappa shape index (κ1) is 9.27. The maximum absolute atomic E-state index is 9.92. The molecule has 0 N–H and O–H groups in total. The molecule has 3 heteroatoms. The van der Waals surface area contributed by atoms with Crippen LogP contribution in [-0.4, -0.2) is 13.1 Å². The van der Waals surface area contributed by atoms with E-state index in [4.69, 9.17) is 5.26 Å². The van der Waals surface area contributed by atoms with Crippen LogP contribution in [0.4, 0.5) is 0 Å². The molecule has 0 fully saturated rings. The third kappa shape index (κ3) is 2.60. The molecule has 0 spiro atoms. The number of rotatable bonds is 4. The maximum atomic E-state index is 9.92. The Morgan fingerprint density at radius 3 is 2.69 bits per heavy atom. The van der Waals surface area contributed by atoms with Crippen LogP contribution in [0.15, 0.2) is 30.3 Å². The fourth-order valence-electron chi connectivity index (χ4n) is 1.03. The molecule has 1 rings (SSSR count). The molecule has 13 heavy (non-hydrogen) atoms. The van der Waals surface area contributed by atoms with E-state index in [1.807, 2.05) is 30.3 Å². The van der Waals surface area contributed by atoms with Crippen LogP contribution in [0, 0.1) is 11.3 Å². The molecule has 66 valence electrons. The van der Waals surface area contributed by atoms with Crippen molar-refractivity contribution >= 4 is 6.47 Å². The van der Waals surface area contributed by atoms with E-state index >= 15 is 0 Å². The van der Waals surface area contributed by atoms with Crippen LogP contribution in [0.2, 0.25) is 0 Å². The van der Waals surface area contributed by atoms with Gasteiger partial charge in [-0.15, -0.1) is 0 Å². The zero-order valence-electron chi connectivity index (χ0n) is 7.01. The highest BCUT2D eigenvalue weighted by Crippen LogP contribution is 2.13. The molecule has 1 aromatic carbocycles. The minimum absolute atomic E-state index is 0.115. The molecule has 0 saturated heterocycles. The van der Waals surface area contributed by atoms with E-state index in [2.05, 4.69) is 10.8 Å². The Bertz CT molecular complexity index is 302. The molecule has 0 aliphatic rings. The van der Waals surface area contributed by atoms with Gasteiger partial charge in [0.25, 0.3) is 6.47 Å². The lowest BCUT2D eigenvalue weighted by Crippen LogP contribution is -2.04. The maximum Gasteiger partial charge on any atom is 0.293 e. The van der Waals surface area contributed by atoms with Crippen LogP contribution in [0.25, 0.3) is 0 Å². The highest BCUT2D eigenvalue weighted by Gasteiger charge is 2.09. The van der Waals surface area contributed by atoms with Crippen molar-refractivity contribution in [2.45, 2.75) is 5.92 Å². The highest BCUT2D eigenvalue weighted by molar-refractivity contribution is 5.37. The molecule has 0 aliphatic carbocycles.